The van der Waals surface area contributed by atoms with Gasteiger partial charge in [-0.25, -0.2) is 0 Å². The molecule has 0 radical (unpaired) electrons. The van der Waals surface area contributed by atoms with Crippen molar-refractivity contribution in [3.8, 4) is 0 Å². The van der Waals surface area contributed by atoms with Gasteiger partial charge in [0.05, 0.1) is 0 Å². The summed E-state index contributed by atoms with van der Waals surface area (Å²) >= 11 is 0. The van der Waals surface area contributed by atoms with Gasteiger partial charge in [-0.15, -0.1) is 0 Å². The third kappa shape index (κ3) is 4.22. The molecule has 2 fully saturated rings. The second-order valence-electron chi connectivity index (χ2n) is 9.73. The molecule has 1 N–H and O–H groups in total. The lowest BCUT2D eigenvalue weighted by molar-refractivity contribution is 0.00324. The van der Waals surface area contributed by atoms with Crippen LogP contribution in [0, 0.1) is 16.7 Å². The molecule has 124 valence electrons. The first kappa shape index (κ1) is 17.3. The molecule has 0 amide bonds. The van der Waals surface area contributed by atoms with E-state index < -0.39 is 0 Å². The molecule has 0 spiro atoms. The van der Waals surface area contributed by atoms with Gasteiger partial charge in [0.25, 0.3) is 0 Å². The Hall–Kier alpha value is -0.0800. The van der Waals surface area contributed by atoms with E-state index in [-0.39, 0.29) is 0 Å². The number of nitrogens with one attached hydrogen (secondary N) is 1. The SMILES string of the molecule is CC(C)C1CNC(C(C)(C)C)CN1C1CCC(C)(C)CC1. The summed E-state index contributed by atoms with van der Waals surface area (Å²) in [5.41, 5.74) is 0.926. The quantitative estimate of drug-likeness (QED) is 0.817. The van der Waals surface area contributed by atoms with E-state index in [1.807, 2.05) is 0 Å². The molecule has 0 bridgehead atoms. The van der Waals surface area contributed by atoms with Crippen molar-refractivity contribution in [2.75, 3.05) is 13.1 Å². The van der Waals surface area contributed by atoms with Gasteiger partial charge in [0.15, 0.2) is 0 Å². The lowest BCUT2D eigenvalue weighted by atomic mass is 9.74. The van der Waals surface area contributed by atoms with Gasteiger partial charge < -0.3 is 5.32 Å². The van der Waals surface area contributed by atoms with Crippen LogP contribution in [0.1, 0.15) is 74.1 Å². The molecule has 2 rings (SSSR count). The van der Waals surface area contributed by atoms with Crippen molar-refractivity contribution in [2.24, 2.45) is 16.7 Å². The first-order valence-corrected chi connectivity index (χ1v) is 9.09. The number of hydrogen-bond acceptors (Lipinski definition) is 2. The highest BCUT2D eigenvalue weighted by Gasteiger charge is 2.40. The molecule has 2 aliphatic rings. The molecule has 2 heteroatoms. The predicted molar refractivity (Wildman–Crippen MR) is 92.6 cm³/mol. The van der Waals surface area contributed by atoms with Crippen molar-refractivity contribution >= 4 is 0 Å². The van der Waals surface area contributed by atoms with Crippen molar-refractivity contribution in [3.05, 3.63) is 0 Å². The van der Waals surface area contributed by atoms with Gasteiger partial charge in [-0.2, -0.15) is 0 Å². The Morgan fingerprint density at radius 2 is 1.67 bits per heavy atom. The molecular weight excluding hydrogens is 256 g/mol. The Labute approximate surface area is 133 Å². The second kappa shape index (κ2) is 6.20. The molecule has 21 heavy (non-hydrogen) atoms. The third-order valence-electron chi connectivity index (χ3n) is 5.99. The predicted octanol–water partition coefficient (Wildman–Crippen LogP) is 4.30. The smallest absolute Gasteiger partial charge is 0.0247 e. The maximum atomic E-state index is 3.83. The van der Waals surface area contributed by atoms with Gasteiger partial charge >= 0.3 is 0 Å². The van der Waals surface area contributed by atoms with Gasteiger partial charge in [-0.1, -0.05) is 48.5 Å². The first-order chi connectivity index (χ1) is 9.60. The minimum absolute atomic E-state index is 0.355. The van der Waals surface area contributed by atoms with E-state index in [1.165, 1.54) is 38.8 Å². The van der Waals surface area contributed by atoms with Gasteiger partial charge in [0.2, 0.25) is 0 Å². The van der Waals surface area contributed by atoms with Gasteiger partial charge in [0, 0.05) is 31.2 Å². The zero-order valence-corrected chi connectivity index (χ0v) is 15.5. The molecular formula is C19H38N2. The Balaban J connectivity index is 2.08. The summed E-state index contributed by atoms with van der Waals surface area (Å²) < 4.78 is 0. The Morgan fingerprint density at radius 3 is 2.14 bits per heavy atom. The monoisotopic (exact) mass is 294 g/mol. The van der Waals surface area contributed by atoms with E-state index >= 15 is 0 Å². The van der Waals surface area contributed by atoms with Crippen molar-refractivity contribution in [3.63, 3.8) is 0 Å². The van der Waals surface area contributed by atoms with E-state index in [2.05, 4.69) is 58.7 Å². The summed E-state index contributed by atoms with van der Waals surface area (Å²) in [6, 6.07) is 2.16. The van der Waals surface area contributed by atoms with Crippen LogP contribution in [0.4, 0.5) is 0 Å². The summed E-state index contributed by atoms with van der Waals surface area (Å²) in [4.78, 5) is 2.88. The fraction of sp³-hybridized carbons (Fsp3) is 1.00. The van der Waals surface area contributed by atoms with E-state index in [4.69, 9.17) is 0 Å². The van der Waals surface area contributed by atoms with Crippen LogP contribution in [0.25, 0.3) is 0 Å². The largest absolute Gasteiger partial charge is 0.311 e. The van der Waals surface area contributed by atoms with Crippen LogP contribution in [-0.4, -0.2) is 36.1 Å². The van der Waals surface area contributed by atoms with Crippen LogP contribution in [0.2, 0.25) is 0 Å². The van der Waals surface area contributed by atoms with Crippen molar-refractivity contribution < 1.29 is 0 Å². The third-order valence-corrected chi connectivity index (χ3v) is 5.99. The number of hydrogen-bond donors (Lipinski definition) is 1. The topological polar surface area (TPSA) is 15.3 Å². The van der Waals surface area contributed by atoms with E-state index in [0.29, 0.717) is 16.9 Å². The maximum Gasteiger partial charge on any atom is 0.0247 e. The van der Waals surface area contributed by atoms with Crippen LogP contribution in [-0.2, 0) is 0 Å². The number of piperazine rings is 1. The minimum Gasteiger partial charge on any atom is -0.311 e. The lowest BCUT2D eigenvalue weighted by Crippen LogP contribution is -2.64. The van der Waals surface area contributed by atoms with Gasteiger partial charge in [-0.3, -0.25) is 4.90 Å². The number of nitrogens with zero attached hydrogens (tertiary/aromatic N) is 1. The molecule has 1 saturated heterocycles. The molecule has 0 aromatic heterocycles. The highest BCUT2D eigenvalue weighted by atomic mass is 15.3. The van der Waals surface area contributed by atoms with E-state index in [9.17, 15) is 0 Å². The molecule has 2 nitrogen and oxygen atoms in total. The van der Waals surface area contributed by atoms with Crippen LogP contribution in [0.3, 0.4) is 0 Å². The average molecular weight is 295 g/mol. The summed E-state index contributed by atoms with van der Waals surface area (Å²) in [6.07, 6.45) is 5.58. The molecule has 1 aliphatic heterocycles. The van der Waals surface area contributed by atoms with E-state index in [0.717, 1.165) is 18.0 Å². The fourth-order valence-corrected chi connectivity index (χ4v) is 4.13. The zero-order valence-electron chi connectivity index (χ0n) is 15.5. The minimum atomic E-state index is 0.355. The van der Waals surface area contributed by atoms with Crippen LogP contribution in [0.15, 0.2) is 0 Å². The molecule has 1 aliphatic carbocycles. The van der Waals surface area contributed by atoms with Crippen molar-refractivity contribution in [1.82, 2.24) is 10.2 Å². The van der Waals surface area contributed by atoms with Crippen LogP contribution in [0.5, 0.6) is 0 Å². The highest BCUT2D eigenvalue weighted by molar-refractivity contribution is 4.97. The molecule has 1 saturated carbocycles. The summed E-state index contributed by atoms with van der Waals surface area (Å²) in [6.45, 7) is 19.2. The van der Waals surface area contributed by atoms with Crippen molar-refractivity contribution in [1.29, 1.82) is 0 Å². The molecule has 0 aromatic carbocycles. The zero-order chi connectivity index (χ0) is 15.8. The molecule has 2 unspecified atom stereocenters. The van der Waals surface area contributed by atoms with Gasteiger partial charge in [-0.05, 0) is 42.4 Å². The van der Waals surface area contributed by atoms with E-state index in [1.54, 1.807) is 0 Å². The molecule has 2 atom stereocenters. The highest BCUT2D eigenvalue weighted by Crippen LogP contribution is 2.39. The summed E-state index contributed by atoms with van der Waals surface area (Å²) in [5.74, 6) is 0.744. The van der Waals surface area contributed by atoms with Crippen LogP contribution >= 0.6 is 0 Å². The Morgan fingerprint density at radius 1 is 1.10 bits per heavy atom. The lowest BCUT2D eigenvalue weighted by Gasteiger charge is -2.51. The normalized spacial score (nSPS) is 32.6. The fourth-order valence-electron chi connectivity index (χ4n) is 4.13. The van der Waals surface area contributed by atoms with Crippen LogP contribution < -0.4 is 5.32 Å². The average Bonchev–Trinajstić information content (AvgIpc) is 2.37. The molecule has 1 heterocycles. The first-order valence-electron chi connectivity index (χ1n) is 9.09. The van der Waals surface area contributed by atoms with Crippen molar-refractivity contribution in [2.45, 2.75) is 92.3 Å². The maximum absolute atomic E-state index is 3.83. The standard InChI is InChI=1S/C19H38N2/c1-14(2)16-12-20-17(18(3,4)5)13-21(16)15-8-10-19(6,7)11-9-15/h14-17,20H,8-13H2,1-7H3. The summed E-state index contributed by atoms with van der Waals surface area (Å²) in [5, 5.41) is 3.83. The number of rotatable bonds is 2. The Bertz CT molecular complexity index is 330. The second-order valence-corrected chi connectivity index (χ2v) is 9.73. The summed E-state index contributed by atoms with van der Waals surface area (Å²) in [7, 11) is 0. The molecule has 0 aromatic rings. The van der Waals surface area contributed by atoms with Gasteiger partial charge in [0.1, 0.15) is 0 Å². The Kier molecular flexibility index (Phi) is 5.10.